The van der Waals surface area contributed by atoms with E-state index in [-0.39, 0.29) is 0 Å². The fourth-order valence-corrected chi connectivity index (χ4v) is 0.987. The monoisotopic (exact) mass is 189 g/mol. The van der Waals surface area contributed by atoms with Crippen LogP contribution in [0.15, 0.2) is 52.7 Å². The molecule has 0 atom stereocenters. The van der Waals surface area contributed by atoms with Gasteiger partial charge in [0.25, 0.3) is 0 Å². The Balaban J connectivity index is 4.58. The molecule has 0 radical (unpaired) electrons. The van der Waals surface area contributed by atoms with Crippen molar-refractivity contribution in [3.05, 3.63) is 47.7 Å². The number of hydrogen-bond donors (Lipinski definition) is 0. The standard InChI is InChI=1S/C13H19N/c1-5-8-9-10-13(6-2)12(4)11-14-7-3/h5-11H,1-4H3/b8-5-,10-9-,12-11+,13-6+,14-7?. The third-order valence-corrected chi connectivity index (χ3v) is 1.76. The van der Waals surface area contributed by atoms with Crippen molar-refractivity contribution in [2.24, 2.45) is 4.99 Å². The third-order valence-electron chi connectivity index (χ3n) is 1.76. The van der Waals surface area contributed by atoms with Crippen LogP contribution >= 0.6 is 0 Å². The second-order valence-electron chi connectivity index (χ2n) is 2.85. The van der Waals surface area contributed by atoms with E-state index < -0.39 is 0 Å². The summed E-state index contributed by atoms with van der Waals surface area (Å²) < 4.78 is 0. The quantitative estimate of drug-likeness (QED) is 0.467. The molecule has 1 heteroatoms. The smallest absolute Gasteiger partial charge is 0.0298 e. The average molecular weight is 189 g/mol. The van der Waals surface area contributed by atoms with Gasteiger partial charge in [0.1, 0.15) is 0 Å². The minimum Gasteiger partial charge on any atom is -0.269 e. The molecule has 0 amide bonds. The zero-order chi connectivity index (χ0) is 10.8. The molecule has 76 valence electrons. The van der Waals surface area contributed by atoms with E-state index in [2.05, 4.69) is 24.1 Å². The summed E-state index contributed by atoms with van der Waals surface area (Å²) in [6, 6.07) is 0. The van der Waals surface area contributed by atoms with Crippen molar-refractivity contribution in [2.75, 3.05) is 0 Å². The molecule has 0 aliphatic carbocycles. The second-order valence-corrected chi connectivity index (χ2v) is 2.85. The Kier molecular flexibility index (Phi) is 7.43. The van der Waals surface area contributed by atoms with Gasteiger partial charge < -0.3 is 0 Å². The first-order valence-electron chi connectivity index (χ1n) is 4.86. The second kappa shape index (κ2) is 8.24. The van der Waals surface area contributed by atoms with Crippen LogP contribution in [0.5, 0.6) is 0 Å². The van der Waals surface area contributed by atoms with Gasteiger partial charge in [-0.25, -0.2) is 0 Å². The first-order valence-corrected chi connectivity index (χ1v) is 4.86. The molecule has 0 spiro atoms. The van der Waals surface area contributed by atoms with Crippen molar-refractivity contribution >= 4 is 6.21 Å². The fourth-order valence-electron chi connectivity index (χ4n) is 0.987. The van der Waals surface area contributed by atoms with Gasteiger partial charge in [-0.15, -0.1) is 0 Å². The van der Waals surface area contributed by atoms with Gasteiger partial charge in [-0.3, -0.25) is 4.99 Å². The van der Waals surface area contributed by atoms with Gasteiger partial charge in [0.2, 0.25) is 0 Å². The highest BCUT2D eigenvalue weighted by Gasteiger charge is 1.91. The van der Waals surface area contributed by atoms with Crippen molar-refractivity contribution < 1.29 is 0 Å². The molecule has 0 aromatic rings. The van der Waals surface area contributed by atoms with Crippen LogP contribution in [-0.4, -0.2) is 6.21 Å². The highest BCUT2D eigenvalue weighted by Crippen LogP contribution is 2.10. The van der Waals surface area contributed by atoms with Crippen LogP contribution in [0.25, 0.3) is 0 Å². The predicted octanol–water partition coefficient (Wildman–Crippen LogP) is 4.06. The maximum atomic E-state index is 4.09. The average Bonchev–Trinajstić information content (AvgIpc) is 2.21. The molecule has 0 aliphatic heterocycles. The van der Waals surface area contributed by atoms with E-state index in [1.165, 1.54) is 11.1 Å². The van der Waals surface area contributed by atoms with E-state index in [0.29, 0.717) is 0 Å². The summed E-state index contributed by atoms with van der Waals surface area (Å²) in [5.41, 5.74) is 2.38. The summed E-state index contributed by atoms with van der Waals surface area (Å²) in [5.74, 6) is 0. The van der Waals surface area contributed by atoms with Crippen LogP contribution in [0.2, 0.25) is 0 Å². The summed E-state index contributed by atoms with van der Waals surface area (Å²) in [6.07, 6.45) is 13.9. The van der Waals surface area contributed by atoms with E-state index in [9.17, 15) is 0 Å². The molecular formula is C13H19N. The molecule has 0 aromatic heterocycles. The Morgan fingerprint density at radius 2 is 1.79 bits per heavy atom. The first kappa shape index (κ1) is 12.6. The Labute approximate surface area is 87.3 Å². The molecule has 0 fully saturated rings. The third kappa shape index (κ3) is 5.31. The number of nitrogens with zero attached hydrogens (tertiary/aromatic N) is 1. The Morgan fingerprint density at radius 1 is 1.07 bits per heavy atom. The lowest BCUT2D eigenvalue weighted by Crippen LogP contribution is -1.79. The van der Waals surface area contributed by atoms with Gasteiger partial charge in [-0.1, -0.05) is 30.4 Å². The van der Waals surface area contributed by atoms with E-state index in [4.69, 9.17) is 0 Å². The summed E-state index contributed by atoms with van der Waals surface area (Å²) in [4.78, 5) is 4.09. The maximum absolute atomic E-state index is 4.09. The van der Waals surface area contributed by atoms with Crippen molar-refractivity contribution in [1.29, 1.82) is 0 Å². The molecule has 0 rings (SSSR count). The van der Waals surface area contributed by atoms with Gasteiger partial charge >= 0.3 is 0 Å². The number of allylic oxidation sites excluding steroid dienone is 7. The van der Waals surface area contributed by atoms with Crippen LogP contribution in [-0.2, 0) is 0 Å². The van der Waals surface area contributed by atoms with Crippen molar-refractivity contribution in [1.82, 2.24) is 0 Å². The molecule has 0 bridgehead atoms. The van der Waals surface area contributed by atoms with Gasteiger partial charge in [-0.05, 0) is 38.8 Å². The van der Waals surface area contributed by atoms with Crippen molar-refractivity contribution in [3.8, 4) is 0 Å². The van der Waals surface area contributed by atoms with Gasteiger partial charge in [0.15, 0.2) is 0 Å². The summed E-state index contributed by atoms with van der Waals surface area (Å²) in [6.45, 7) is 8.00. The minimum atomic E-state index is 1.17. The molecule has 0 saturated heterocycles. The molecule has 0 unspecified atom stereocenters. The molecule has 0 N–H and O–H groups in total. The Hall–Kier alpha value is -1.37. The lowest BCUT2D eigenvalue weighted by molar-refractivity contribution is 1.35. The van der Waals surface area contributed by atoms with Crippen molar-refractivity contribution in [3.63, 3.8) is 0 Å². The lowest BCUT2D eigenvalue weighted by atomic mass is 10.1. The van der Waals surface area contributed by atoms with Crippen LogP contribution in [0.4, 0.5) is 0 Å². The molecule has 0 aromatic carbocycles. The maximum Gasteiger partial charge on any atom is 0.0298 e. The van der Waals surface area contributed by atoms with Gasteiger partial charge in [-0.2, -0.15) is 0 Å². The minimum absolute atomic E-state index is 1.17. The molecule has 1 nitrogen and oxygen atoms in total. The summed E-state index contributed by atoms with van der Waals surface area (Å²) in [5, 5.41) is 0. The van der Waals surface area contributed by atoms with Crippen molar-refractivity contribution in [2.45, 2.75) is 27.7 Å². The summed E-state index contributed by atoms with van der Waals surface area (Å²) in [7, 11) is 0. The highest BCUT2D eigenvalue weighted by atomic mass is 14.7. The van der Waals surface area contributed by atoms with Gasteiger partial charge in [0, 0.05) is 12.4 Å². The van der Waals surface area contributed by atoms with Crippen LogP contribution in [0.1, 0.15) is 27.7 Å². The molecular weight excluding hydrogens is 170 g/mol. The predicted molar refractivity (Wildman–Crippen MR) is 65.6 cm³/mol. The number of hydrogen-bond acceptors (Lipinski definition) is 1. The van der Waals surface area contributed by atoms with Crippen LogP contribution in [0, 0.1) is 0 Å². The van der Waals surface area contributed by atoms with E-state index >= 15 is 0 Å². The molecule has 0 heterocycles. The Bertz CT molecular complexity index is 288. The molecule has 0 saturated carbocycles. The van der Waals surface area contributed by atoms with E-state index in [1.54, 1.807) is 6.21 Å². The zero-order valence-corrected chi connectivity index (χ0v) is 9.49. The SMILES string of the molecule is CC=N/C=C(C)/C(/C=C\C=C/C)=C/C. The van der Waals surface area contributed by atoms with Crippen LogP contribution < -0.4 is 0 Å². The largest absolute Gasteiger partial charge is 0.269 e. The van der Waals surface area contributed by atoms with Gasteiger partial charge in [0.05, 0.1) is 0 Å². The van der Waals surface area contributed by atoms with E-state index in [1.807, 2.05) is 45.2 Å². The van der Waals surface area contributed by atoms with Crippen LogP contribution in [0.3, 0.4) is 0 Å². The zero-order valence-electron chi connectivity index (χ0n) is 9.49. The highest BCUT2D eigenvalue weighted by molar-refractivity contribution is 5.55. The lowest BCUT2D eigenvalue weighted by Gasteiger charge is -1.98. The summed E-state index contributed by atoms with van der Waals surface area (Å²) >= 11 is 0. The van der Waals surface area contributed by atoms with E-state index in [0.717, 1.165) is 0 Å². The number of aliphatic imine (C=N–C) groups is 1. The Morgan fingerprint density at radius 3 is 2.29 bits per heavy atom. The first-order chi connectivity index (χ1) is 6.76. The topological polar surface area (TPSA) is 12.4 Å². The molecule has 0 aliphatic rings. The normalized spacial score (nSPS) is 15.1. The molecule has 14 heavy (non-hydrogen) atoms. The fraction of sp³-hybridized carbons (Fsp3) is 0.308. The number of rotatable bonds is 4.